The zero-order valence-corrected chi connectivity index (χ0v) is 13.0. The molecule has 0 spiro atoms. The summed E-state index contributed by atoms with van der Waals surface area (Å²) in [5, 5.41) is 7.19. The molecule has 1 aromatic rings. The lowest BCUT2D eigenvalue weighted by Gasteiger charge is -2.30. The fourth-order valence-corrected chi connectivity index (χ4v) is 2.66. The number of ether oxygens (including phenoxy) is 2. The minimum absolute atomic E-state index is 0.578. The van der Waals surface area contributed by atoms with Gasteiger partial charge in [0.2, 0.25) is 0 Å². The molecular weight excluding hydrogens is 290 g/mol. The number of piperazine rings is 1. The number of hydrazone groups is 1. The molecule has 2 aliphatic heterocycles. The van der Waals surface area contributed by atoms with Gasteiger partial charge in [0.1, 0.15) is 0 Å². The highest BCUT2D eigenvalue weighted by Crippen LogP contribution is 2.37. The second kappa shape index (κ2) is 6.54. The van der Waals surface area contributed by atoms with Gasteiger partial charge in [-0.1, -0.05) is 11.6 Å². The molecule has 0 unspecified atom stereocenters. The molecule has 3 rings (SSSR count). The molecule has 2 aliphatic rings. The van der Waals surface area contributed by atoms with Gasteiger partial charge in [0.05, 0.1) is 24.5 Å². The van der Waals surface area contributed by atoms with Crippen LogP contribution in [0, 0.1) is 0 Å². The Bertz CT molecular complexity index is 528. The summed E-state index contributed by atoms with van der Waals surface area (Å²) in [6, 6.07) is 3.81. The summed E-state index contributed by atoms with van der Waals surface area (Å²) in [5.74, 6) is 1.35. The Morgan fingerprint density at radius 1 is 1.14 bits per heavy atom. The molecule has 0 bridgehead atoms. The first-order valence-corrected chi connectivity index (χ1v) is 7.67. The summed E-state index contributed by atoms with van der Waals surface area (Å²) in [4.78, 5) is 2.30. The Kier molecular flexibility index (Phi) is 4.51. The molecule has 0 radical (unpaired) electrons. The van der Waals surface area contributed by atoms with E-state index in [1.54, 1.807) is 0 Å². The maximum Gasteiger partial charge on any atom is 0.179 e. The van der Waals surface area contributed by atoms with Gasteiger partial charge in [-0.25, -0.2) is 0 Å². The first-order chi connectivity index (χ1) is 10.2. The number of likely N-dealkylation sites (N-methyl/N-ethyl adjacent to an activating group) is 1. The van der Waals surface area contributed by atoms with Gasteiger partial charge >= 0.3 is 0 Å². The average molecular weight is 310 g/mol. The zero-order chi connectivity index (χ0) is 14.7. The van der Waals surface area contributed by atoms with Crippen molar-refractivity contribution in [3.8, 4) is 11.5 Å². The van der Waals surface area contributed by atoms with Gasteiger partial charge in [0.15, 0.2) is 11.5 Å². The van der Waals surface area contributed by atoms with E-state index in [1.807, 2.05) is 18.3 Å². The normalized spacial score (nSPS) is 19.8. The van der Waals surface area contributed by atoms with Crippen molar-refractivity contribution in [1.29, 1.82) is 0 Å². The van der Waals surface area contributed by atoms with E-state index in [1.165, 1.54) is 0 Å². The maximum absolute atomic E-state index is 6.27. The number of halogens is 1. The summed E-state index contributed by atoms with van der Waals surface area (Å²) in [6.07, 6.45) is 2.71. The molecule has 0 aliphatic carbocycles. The van der Waals surface area contributed by atoms with Crippen molar-refractivity contribution in [2.45, 2.75) is 6.42 Å². The molecule has 1 aromatic carbocycles. The Morgan fingerprint density at radius 3 is 2.71 bits per heavy atom. The number of nitrogens with zero attached hydrogens (tertiary/aromatic N) is 3. The van der Waals surface area contributed by atoms with Crippen LogP contribution in [0.15, 0.2) is 17.2 Å². The van der Waals surface area contributed by atoms with E-state index in [0.29, 0.717) is 29.7 Å². The van der Waals surface area contributed by atoms with Crippen molar-refractivity contribution < 1.29 is 9.47 Å². The summed E-state index contributed by atoms with van der Waals surface area (Å²) < 4.78 is 11.3. The van der Waals surface area contributed by atoms with Crippen molar-refractivity contribution in [3.63, 3.8) is 0 Å². The number of hydrogen-bond donors (Lipinski definition) is 0. The number of hydrogen-bond acceptors (Lipinski definition) is 5. The third-order valence-corrected chi connectivity index (χ3v) is 3.96. The van der Waals surface area contributed by atoms with E-state index in [0.717, 1.165) is 38.2 Å². The van der Waals surface area contributed by atoms with Crippen molar-refractivity contribution in [3.05, 3.63) is 22.7 Å². The predicted octanol–water partition coefficient (Wildman–Crippen LogP) is 2.08. The van der Waals surface area contributed by atoms with E-state index < -0.39 is 0 Å². The van der Waals surface area contributed by atoms with Crippen LogP contribution in [0.3, 0.4) is 0 Å². The second-order valence-corrected chi connectivity index (χ2v) is 5.79. The van der Waals surface area contributed by atoms with Crippen LogP contribution in [0.4, 0.5) is 0 Å². The molecule has 0 aromatic heterocycles. The van der Waals surface area contributed by atoms with Gasteiger partial charge < -0.3 is 14.4 Å². The molecular formula is C15H20ClN3O2. The predicted molar refractivity (Wildman–Crippen MR) is 83.7 cm³/mol. The molecule has 0 N–H and O–H groups in total. The van der Waals surface area contributed by atoms with Gasteiger partial charge in [0, 0.05) is 32.6 Å². The molecule has 21 heavy (non-hydrogen) atoms. The lowest BCUT2D eigenvalue weighted by atomic mass is 10.2. The average Bonchev–Trinajstić information content (AvgIpc) is 2.72. The summed E-state index contributed by atoms with van der Waals surface area (Å²) in [6.45, 7) is 5.28. The Labute approximate surface area is 130 Å². The number of fused-ring (bicyclic) bond motifs is 1. The summed E-state index contributed by atoms with van der Waals surface area (Å²) in [5.41, 5.74) is 0.933. The van der Waals surface area contributed by atoms with Gasteiger partial charge in [-0.15, -0.1) is 0 Å². The van der Waals surface area contributed by atoms with Crippen LogP contribution in [0.25, 0.3) is 0 Å². The Hall–Kier alpha value is -1.46. The van der Waals surface area contributed by atoms with Gasteiger partial charge in [-0.2, -0.15) is 5.10 Å². The first-order valence-electron chi connectivity index (χ1n) is 7.29. The molecule has 0 atom stereocenters. The molecule has 1 fully saturated rings. The van der Waals surface area contributed by atoms with Crippen LogP contribution >= 0.6 is 11.6 Å². The van der Waals surface area contributed by atoms with Gasteiger partial charge in [-0.05, 0) is 24.7 Å². The molecule has 0 amide bonds. The van der Waals surface area contributed by atoms with Crippen LogP contribution in [0.2, 0.25) is 5.02 Å². The largest absolute Gasteiger partial charge is 0.489 e. The minimum atomic E-state index is 0.578. The smallest absolute Gasteiger partial charge is 0.179 e. The van der Waals surface area contributed by atoms with Crippen molar-refractivity contribution >= 4 is 17.8 Å². The van der Waals surface area contributed by atoms with Crippen molar-refractivity contribution in [1.82, 2.24) is 9.91 Å². The third kappa shape index (κ3) is 3.60. The quantitative estimate of drug-likeness (QED) is 0.784. The Balaban J connectivity index is 1.73. The molecule has 5 nitrogen and oxygen atoms in total. The van der Waals surface area contributed by atoms with Crippen molar-refractivity contribution in [2.24, 2.45) is 5.10 Å². The molecule has 2 heterocycles. The lowest BCUT2D eigenvalue weighted by molar-refractivity contribution is 0.159. The summed E-state index contributed by atoms with van der Waals surface area (Å²) in [7, 11) is 2.13. The topological polar surface area (TPSA) is 37.3 Å². The van der Waals surface area contributed by atoms with Crippen LogP contribution in [-0.4, -0.2) is 62.6 Å². The highest BCUT2D eigenvalue weighted by Gasteiger charge is 2.15. The molecule has 1 saturated heterocycles. The van der Waals surface area contributed by atoms with Crippen LogP contribution in [0.5, 0.6) is 11.5 Å². The summed E-state index contributed by atoms with van der Waals surface area (Å²) >= 11 is 6.27. The lowest BCUT2D eigenvalue weighted by Crippen LogP contribution is -2.41. The SMILES string of the molecule is CN1CCN(/N=C\c2cc(Cl)c3c(c2)OCCCO3)CC1. The van der Waals surface area contributed by atoms with Crippen LogP contribution in [-0.2, 0) is 0 Å². The molecule has 0 saturated carbocycles. The minimum Gasteiger partial charge on any atom is -0.489 e. The maximum atomic E-state index is 6.27. The molecule has 6 heteroatoms. The van der Waals surface area contributed by atoms with E-state index >= 15 is 0 Å². The van der Waals surface area contributed by atoms with E-state index in [2.05, 4.69) is 22.1 Å². The van der Waals surface area contributed by atoms with Crippen molar-refractivity contribution in [2.75, 3.05) is 46.4 Å². The second-order valence-electron chi connectivity index (χ2n) is 5.38. The third-order valence-electron chi connectivity index (χ3n) is 3.67. The number of benzene rings is 1. The van der Waals surface area contributed by atoms with E-state index in [4.69, 9.17) is 21.1 Å². The van der Waals surface area contributed by atoms with Gasteiger partial charge in [0.25, 0.3) is 0 Å². The fraction of sp³-hybridized carbons (Fsp3) is 0.533. The zero-order valence-electron chi connectivity index (χ0n) is 12.2. The Morgan fingerprint density at radius 2 is 1.90 bits per heavy atom. The number of rotatable bonds is 2. The highest BCUT2D eigenvalue weighted by atomic mass is 35.5. The highest BCUT2D eigenvalue weighted by molar-refractivity contribution is 6.32. The fourth-order valence-electron chi connectivity index (χ4n) is 2.38. The molecule has 114 valence electrons. The standard InChI is InChI=1S/C15H20ClN3O2/c1-18-3-5-19(6-4-18)17-11-12-9-13(16)15-14(10-12)20-7-2-8-21-15/h9-11H,2-8H2,1H3/b17-11-. The van der Waals surface area contributed by atoms with Gasteiger partial charge in [-0.3, -0.25) is 5.01 Å². The first kappa shape index (κ1) is 14.5. The van der Waals surface area contributed by atoms with Crippen LogP contribution < -0.4 is 9.47 Å². The van der Waals surface area contributed by atoms with E-state index in [9.17, 15) is 0 Å². The van der Waals surface area contributed by atoms with E-state index in [-0.39, 0.29) is 0 Å². The monoisotopic (exact) mass is 309 g/mol. The van der Waals surface area contributed by atoms with Crippen LogP contribution in [0.1, 0.15) is 12.0 Å².